The summed E-state index contributed by atoms with van der Waals surface area (Å²) in [5.41, 5.74) is 3.13. The Kier molecular flexibility index (Phi) is 5.22. The van der Waals surface area contributed by atoms with Crippen LogP contribution in [0.5, 0.6) is 0 Å². The molecule has 0 bridgehead atoms. The smallest absolute Gasteiger partial charge is 0.131 e. The van der Waals surface area contributed by atoms with E-state index in [1.54, 1.807) is 0 Å². The molecule has 0 aliphatic carbocycles. The van der Waals surface area contributed by atoms with Crippen LogP contribution in [0.2, 0.25) is 0 Å². The topological polar surface area (TPSA) is 0 Å². The van der Waals surface area contributed by atoms with Crippen LogP contribution in [0, 0.1) is 17.5 Å². The zero-order chi connectivity index (χ0) is 17.8. The molecular weight excluding hydrogens is 321 g/mol. The maximum Gasteiger partial charge on any atom is 0.131 e. The van der Waals surface area contributed by atoms with E-state index in [-0.39, 0.29) is 5.56 Å². The van der Waals surface area contributed by atoms with Crippen LogP contribution in [0.3, 0.4) is 0 Å². The van der Waals surface area contributed by atoms with Gasteiger partial charge in [-0.2, -0.15) is 0 Å². The van der Waals surface area contributed by atoms with Crippen molar-refractivity contribution in [1.82, 2.24) is 0 Å². The van der Waals surface area contributed by atoms with Crippen molar-refractivity contribution in [3.63, 3.8) is 0 Å². The predicted octanol–water partition coefficient (Wildman–Crippen LogP) is 6.78. The van der Waals surface area contributed by atoms with Gasteiger partial charge in [0.1, 0.15) is 17.5 Å². The highest BCUT2D eigenvalue weighted by Crippen LogP contribution is 2.34. The Bertz CT molecular complexity index is 867. The first-order valence-electron chi connectivity index (χ1n) is 8.43. The van der Waals surface area contributed by atoms with Crippen LogP contribution < -0.4 is 0 Å². The van der Waals surface area contributed by atoms with Gasteiger partial charge in [-0.15, -0.1) is 0 Å². The fraction of sp³-hybridized carbons (Fsp3) is 0.182. The maximum atomic E-state index is 14.2. The lowest BCUT2D eigenvalue weighted by atomic mass is 9.93. The first kappa shape index (κ1) is 17.3. The number of rotatable bonds is 5. The molecule has 0 saturated heterocycles. The van der Waals surface area contributed by atoms with Gasteiger partial charge in [-0.05, 0) is 65.4 Å². The molecule has 0 radical (unpaired) electrons. The van der Waals surface area contributed by atoms with Crippen LogP contribution in [-0.4, -0.2) is 0 Å². The second kappa shape index (κ2) is 7.56. The van der Waals surface area contributed by atoms with Crippen LogP contribution in [0.25, 0.3) is 22.3 Å². The molecule has 0 spiro atoms. The van der Waals surface area contributed by atoms with Crippen molar-refractivity contribution in [3.05, 3.63) is 83.7 Å². The van der Waals surface area contributed by atoms with Gasteiger partial charge in [-0.3, -0.25) is 0 Å². The van der Waals surface area contributed by atoms with E-state index in [1.165, 1.54) is 23.8 Å². The summed E-state index contributed by atoms with van der Waals surface area (Å²) in [7, 11) is 0. The molecule has 0 aromatic heterocycles. The van der Waals surface area contributed by atoms with Gasteiger partial charge in [0, 0.05) is 5.56 Å². The van der Waals surface area contributed by atoms with E-state index in [0.717, 1.165) is 43.0 Å². The fourth-order valence-electron chi connectivity index (χ4n) is 2.93. The molecule has 128 valence electrons. The fourth-order valence-corrected chi connectivity index (χ4v) is 2.93. The minimum Gasteiger partial charge on any atom is -0.207 e. The lowest BCUT2D eigenvalue weighted by Gasteiger charge is -2.12. The molecule has 0 aliphatic heterocycles. The van der Waals surface area contributed by atoms with Crippen molar-refractivity contribution in [2.24, 2.45) is 0 Å². The minimum absolute atomic E-state index is 0.130. The number of halogens is 3. The summed E-state index contributed by atoms with van der Waals surface area (Å²) in [6, 6.07) is 15.2. The van der Waals surface area contributed by atoms with Gasteiger partial charge in [0.05, 0.1) is 0 Å². The van der Waals surface area contributed by atoms with E-state index in [4.69, 9.17) is 0 Å². The van der Waals surface area contributed by atoms with Gasteiger partial charge < -0.3 is 0 Å². The maximum absolute atomic E-state index is 14.2. The van der Waals surface area contributed by atoms with Crippen LogP contribution in [0.15, 0.2) is 60.7 Å². The second-order valence-electron chi connectivity index (χ2n) is 6.11. The third-order valence-electron chi connectivity index (χ3n) is 4.28. The zero-order valence-electron chi connectivity index (χ0n) is 14.0. The van der Waals surface area contributed by atoms with E-state index in [2.05, 4.69) is 6.92 Å². The third kappa shape index (κ3) is 3.93. The Labute approximate surface area is 146 Å². The average molecular weight is 340 g/mol. The van der Waals surface area contributed by atoms with Crippen LogP contribution in [0.1, 0.15) is 25.3 Å². The van der Waals surface area contributed by atoms with Gasteiger partial charge in [0.25, 0.3) is 0 Å². The predicted molar refractivity (Wildman–Crippen MR) is 95.8 cm³/mol. The van der Waals surface area contributed by atoms with Crippen molar-refractivity contribution in [2.45, 2.75) is 26.2 Å². The molecule has 0 fully saturated rings. The molecular formula is C22H19F3. The number of unbranched alkanes of at least 4 members (excludes halogenated alkanes) is 1. The summed E-state index contributed by atoms with van der Waals surface area (Å²) in [5.74, 6) is -1.47. The van der Waals surface area contributed by atoms with E-state index in [9.17, 15) is 13.2 Å². The molecule has 0 unspecified atom stereocenters. The Morgan fingerprint density at radius 1 is 0.680 bits per heavy atom. The molecule has 0 saturated carbocycles. The summed E-state index contributed by atoms with van der Waals surface area (Å²) < 4.78 is 41.6. The summed E-state index contributed by atoms with van der Waals surface area (Å²) in [6.45, 7) is 2.14. The van der Waals surface area contributed by atoms with E-state index in [1.807, 2.05) is 24.3 Å². The number of hydrogen-bond acceptors (Lipinski definition) is 0. The molecule has 3 aromatic carbocycles. The Morgan fingerprint density at radius 2 is 1.32 bits per heavy atom. The van der Waals surface area contributed by atoms with Gasteiger partial charge in [-0.25, -0.2) is 13.2 Å². The molecule has 0 atom stereocenters. The van der Waals surface area contributed by atoms with Crippen LogP contribution >= 0.6 is 0 Å². The summed E-state index contributed by atoms with van der Waals surface area (Å²) in [4.78, 5) is 0. The molecule has 0 aliphatic rings. The number of hydrogen-bond donors (Lipinski definition) is 0. The van der Waals surface area contributed by atoms with Crippen molar-refractivity contribution in [3.8, 4) is 22.3 Å². The summed E-state index contributed by atoms with van der Waals surface area (Å²) in [5, 5.41) is 0. The molecule has 3 aromatic rings. The highest BCUT2D eigenvalue weighted by molar-refractivity contribution is 5.83. The molecule has 0 heterocycles. The van der Waals surface area contributed by atoms with Crippen molar-refractivity contribution in [2.75, 3.05) is 0 Å². The SMILES string of the molecule is CCCCc1ccc(-c2cc(F)ccc2-c2cc(F)ccc2F)cc1. The van der Waals surface area contributed by atoms with Gasteiger partial charge in [0.2, 0.25) is 0 Å². The normalized spacial score (nSPS) is 10.9. The zero-order valence-corrected chi connectivity index (χ0v) is 14.0. The molecule has 0 nitrogen and oxygen atoms in total. The van der Waals surface area contributed by atoms with Crippen molar-refractivity contribution >= 4 is 0 Å². The largest absolute Gasteiger partial charge is 0.207 e. The molecule has 0 amide bonds. The molecule has 0 N–H and O–H groups in total. The molecule has 3 heteroatoms. The van der Waals surface area contributed by atoms with E-state index >= 15 is 0 Å². The Morgan fingerprint density at radius 3 is 2.00 bits per heavy atom. The molecule has 3 rings (SSSR count). The lowest BCUT2D eigenvalue weighted by molar-refractivity contribution is 0.603. The second-order valence-corrected chi connectivity index (χ2v) is 6.11. The van der Waals surface area contributed by atoms with E-state index < -0.39 is 17.5 Å². The van der Waals surface area contributed by atoms with Gasteiger partial charge in [0.15, 0.2) is 0 Å². The summed E-state index contributed by atoms with van der Waals surface area (Å²) >= 11 is 0. The monoisotopic (exact) mass is 340 g/mol. The van der Waals surface area contributed by atoms with Crippen LogP contribution in [0.4, 0.5) is 13.2 Å². The average Bonchev–Trinajstić information content (AvgIpc) is 2.62. The minimum atomic E-state index is -0.533. The summed E-state index contributed by atoms with van der Waals surface area (Å²) in [6.07, 6.45) is 3.22. The highest BCUT2D eigenvalue weighted by Gasteiger charge is 2.13. The van der Waals surface area contributed by atoms with Crippen molar-refractivity contribution in [1.29, 1.82) is 0 Å². The lowest BCUT2D eigenvalue weighted by Crippen LogP contribution is -1.92. The van der Waals surface area contributed by atoms with Gasteiger partial charge in [-0.1, -0.05) is 43.7 Å². The standard InChI is InChI=1S/C22H19F3/c1-2-3-4-15-5-7-16(8-6-15)20-13-17(23)9-11-19(20)21-14-18(24)10-12-22(21)25/h5-14H,2-4H2,1H3. The first-order valence-corrected chi connectivity index (χ1v) is 8.43. The Hall–Kier alpha value is -2.55. The number of benzene rings is 3. The van der Waals surface area contributed by atoms with Crippen molar-refractivity contribution < 1.29 is 13.2 Å². The number of aryl methyl sites for hydroxylation is 1. The Balaban J connectivity index is 2.07. The third-order valence-corrected chi connectivity index (χ3v) is 4.28. The molecule has 25 heavy (non-hydrogen) atoms. The van der Waals surface area contributed by atoms with Crippen LogP contribution in [-0.2, 0) is 6.42 Å². The van der Waals surface area contributed by atoms with E-state index in [0.29, 0.717) is 11.1 Å². The highest BCUT2D eigenvalue weighted by atomic mass is 19.1. The first-order chi connectivity index (χ1) is 12.1. The quantitative estimate of drug-likeness (QED) is 0.480. The van der Waals surface area contributed by atoms with Gasteiger partial charge >= 0.3 is 0 Å².